The number of hydrogen-bond donors (Lipinski definition) is 2. The van der Waals surface area contributed by atoms with Gasteiger partial charge in [0, 0.05) is 13.5 Å². The smallest absolute Gasteiger partial charge is 0.403 e. The maximum Gasteiger partial charge on any atom is 0.457 e. The minimum atomic E-state index is -0.835. The highest BCUT2D eigenvalue weighted by Crippen LogP contribution is 2.43. The molecule has 0 bridgehead atoms. The van der Waals surface area contributed by atoms with Crippen LogP contribution in [0.4, 0.5) is 0 Å². The number of hydrogen-bond acceptors (Lipinski definition) is 5. The average molecular weight is 492 g/mol. The van der Waals surface area contributed by atoms with Crippen LogP contribution in [-0.4, -0.2) is 66.8 Å². The first-order chi connectivity index (χ1) is 16.5. The summed E-state index contributed by atoms with van der Waals surface area (Å²) in [4.78, 5) is 28.7. The predicted molar refractivity (Wildman–Crippen MR) is 141 cm³/mol. The highest BCUT2D eigenvalue weighted by Gasteiger charge is 2.52. The van der Waals surface area contributed by atoms with Gasteiger partial charge in [0.25, 0.3) is 0 Å². The van der Waals surface area contributed by atoms with Crippen molar-refractivity contribution in [2.24, 2.45) is 11.8 Å². The van der Waals surface area contributed by atoms with Crippen LogP contribution >= 0.6 is 0 Å². The van der Waals surface area contributed by atoms with Gasteiger partial charge in [-0.1, -0.05) is 26.2 Å². The number of nitrogens with zero attached hydrogens (tertiary/aromatic N) is 1. The van der Waals surface area contributed by atoms with Crippen LogP contribution in [0.5, 0.6) is 0 Å². The van der Waals surface area contributed by atoms with Crippen LogP contribution in [0.15, 0.2) is 0 Å². The Hall–Kier alpha value is -1.12. The summed E-state index contributed by atoms with van der Waals surface area (Å²) in [5.74, 6) is 0.392. The van der Waals surface area contributed by atoms with Gasteiger partial charge in [-0.3, -0.25) is 9.59 Å². The highest BCUT2D eigenvalue weighted by molar-refractivity contribution is 6.45. The van der Waals surface area contributed by atoms with Crippen LogP contribution in [0.25, 0.3) is 0 Å². The fraction of sp³-hybridized carbons (Fsp3) is 0.926. The first-order valence-corrected chi connectivity index (χ1v) is 14.1. The molecular weight excluding hydrogens is 441 g/mol. The summed E-state index contributed by atoms with van der Waals surface area (Å²) < 4.78 is 12.4. The van der Waals surface area contributed by atoms with Crippen LogP contribution in [0.1, 0.15) is 99.3 Å². The third kappa shape index (κ3) is 7.01. The number of rotatable bonds is 11. The quantitative estimate of drug-likeness (QED) is 0.335. The van der Waals surface area contributed by atoms with Crippen molar-refractivity contribution in [1.29, 1.82) is 0 Å². The zero-order valence-corrected chi connectivity index (χ0v) is 23.2. The van der Waals surface area contributed by atoms with E-state index < -0.39 is 5.54 Å². The molecule has 2 aliphatic heterocycles. The van der Waals surface area contributed by atoms with Crippen molar-refractivity contribution in [3.63, 3.8) is 0 Å². The van der Waals surface area contributed by atoms with Gasteiger partial charge in [0.1, 0.15) is 5.54 Å². The molecule has 2 unspecified atom stereocenters. The summed E-state index contributed by atoms with van der Waals surface area (Å²) in [7, 11) is -0.221. The molecule has 2 heterocycles. The van der Waals surface area contributed by atoms with Gasteiger partial charge >= 0.3 is 7.12 Å². The molecule has 1 aliphatic carbocycles. The van der Waals surface area contributed by atoms with E-state index in [-0.39, 0.29) is 36.1 Å². The number of carbonyl (C=O) groups excluding carboxylic acids is 2. The number of amides is 2. The largest absolute Gasteiger partial charge is 0.457 e. The minimum absolute atomic E-state index is 0.00732. The Morgan fingerprint density at radius 3 is 2.29 bits per heavy atom. The molecule has 2 amide bonds. The molecule has 35 heavy (non-hydrogen) atoms. The van der Waals surface area contributed by atoms with Crippen LogP contribution in [0.2, 0.25) is 6.32 Å². The number of unbranched alkanes of at least 4 members (excludes halogenated alkanes) is 1. The SMILES string of the molecule is CCCCNC(=O)C1(NC(C)=O)C[C@H](CCB2OC(C)(C)C(C)(C)O2)CCC1CCN1CCCC1. The van der Waals surface area contributed by atoms with Crippen molar-refractivity contribution in [3.05, 3.63) is 0 Å². The number of carbonyl (C=O) groups is 2. The van der Waals surface area contributed by atoms with Gasteiger partial charge in [-0.25, -0.2) is 0 Å². The van der Waals surface area contributed by atoms with E-state index in [0.717, 1.165) is 64.5 Å². The maximum absolute atomic E-state index is 13.7. The Labute approximate surface area is 214 Å². The van der Waals surface area contributed by atoms with Gasteiger partial charge in [0.15, 0.2) is 0 Å². The monoisotopic (exact) mass is 491 g/mol. The van der Waals surface area contributed by atoms with E-state index in [2.05, 4.69) is 50.2 Å². The molecule has 200 valence electrons. The Balaban J connectivity index is 1.71. The van der Waals surface area contributed by atoms with E-state index in [0.29, 0.717) is 18.9 Å². The molecule has 3 rings (SSSR count). The summed E-state index contributed by atoms with van der Waals surface area (Å²) in [6.45, 7) is 16.0. The third-order valence-electron chi connectivity index (χ3n) is 8.96. The fourth-order valence-electron chi connectivity index (χ4n) is 6.18. The first-order valence-electron chi connectivity index (χ1n) is 14.1. The number of likely N-dealkylation sites (tertiary alicyclic amines) is 1. The first kappa shape index (κ1) is 28.5. The minimum Gasteiger partial charge on any atom is -0.403 e. The Morgan fingerprint density at radius 2 is 1.69 bits per heavy atom. The van der Waals surface area contributed by atoms with Gasteiger partial charge in [-0.05, 0) is 104 Å². The second-order valence-electron chi connectivity index (χ2n) is 12.2. The van der Waals surface area contributed by atoms with E-state index in [1.165, 1.54) is 12.8 Å². The van der Waals surface area contributed by atoms with E-state index in [4.69, 9.17) is 9.31 Å². The maximum atomic E-state index is 13.7. The highest BCUT2D eigenvalue weighted by atomic mass is 16.7. The molecule has 0 radical (unpaired) electrons. The standard InChI is InChI=1S/C27H50BN3O4/c1-7-8-16-29-24(33)27(30-21(2)32)20-22(11-12-23(27)14-19-31-17-9-10-18-31)13-15-28-34-25(3,4)26(5,6)35-28/h22-23H,7-20H2,1-6H3,(H,29,33)(H,30,32)/t22-,23?,27?/m0/s1. The van der Waals surface area contributed by atoms with E-state index >= 15 is 0 Å². The molecule has 2 N–H and O–H groups in total. The molecule has 7 nitrogen and oxygen atoms in total. The molecular formula is C27H50BN3O4. The molecule has 3 atom stereocenters. The topological polar surface area (TPSA) is 79.9 Å². The molecule has 0 aromatic carbocycles. The van der Waals surface area contributed by atoms with Crippen LogP contribution < -0.4 is 10.6 Å². The van der Waals surface area contributed by atoms with Crippen molar-refractivity contribution < 1.29 is 18.9 Å². The predicted octanol–water partition coefficient (Wildman–Crippen LogP) is 4.16. The zero-order valence-electron chi connectivity index (χ0n) is 23.2. The molecule has 0 spiro atoms. The molecule has 3 fully saturated rings. The summed E-state index contributed by atoms with van der Waals surface area (Å²) in [6, 6.07) is 0. The van der Waals surface area contributed by atoms with Gasteiger partial charge < -0.3 is 24.8 Å². The summed E-state index contributed by atoms with van der Waals surface area (Å²) >= 11 is 0. The Bertz CT molecular complexity index is 709. The van der Waals surface area contributed by atoms with Crippen molar-refractivity contribution in [2.45, 2.75) is 122 Å². The van der Waals surface area contributed by atoms with Gasteiger partial charge in [-0.15, -0.1) is 0 Å². The van der Waals surface area contributed by atoms with Crippen molar-refractivity contribution in [3.8, 4) is 0 Å². The van der Waals surface area contributed by atoms with E-state index in [9.17, 15) is 9.59 Å². The van der Waals surface area contributed by atoms with Crippen LogP contribution in [0.3, 0.4) is 0 Å². The zero-order chi connectivity index (χ0) is 25.7. The van der Waals surface area contributed by atoms with Crippen LogP contribution in [-0.2, 0) is 18.9 Å². The molecule has 2 saturated heterocycles. The summed E-state index contributed by atoms with van der Waals surface area (Å²) in [5, 5.41) is 6.38. The Kier molecular flexibility index (Phi) is 9.72. The second kappa shape index (κ2) is 12.0. The third-order valence-corrected chi connectivity index (χ3v) is 8.96. The molecule has 3 aliphatic rings. The second-order valence-corrected chi connectivity index (χ2v) is 12.2. The Morgan fingerprint density at radius 1 is 1.03 bits per heavy atom. The molecule has 8 heteroatoms. The fourth-order valence-corrected chi connectivity index (χ4v) is 6.18. The summed E-state index contributed by atoms with van der Waals surface area (Å²) in [5.41, 5.74) is -1.49. The molecule has 0 aromatic heterocycles. The normalized spacial score (nSPS) is 30.4. The lowest BCUT2D eigenvalue weighted by molar-refractivity contribution is -0.138. The van der Waals surface area contributed by atoms with E-state index in [1.54, 1.807) is 6.92 Å². The lowest BCUT2D eigenvalue weighted by atomic mass is 9.64. The lowest BCUT2D eigenvalue weighted by Crippen LogP contribution is -2.65. The lowest BCUT2D eigenvalue weighted by Gasteiger charge is -2.46. The van der Waals surface area contributed by atoms with Crippen LogP contribution in [0, 0.1) is 11.8 Å². The average Bonchev–Trinajstić information content (AvgIpc) is 3.36. The summed E-state index contributed by atoms with van der Waals surface area (Å²) in [6.07, 6.45) is 9.92. The van der Waals surface area contributed by atoms with Crippen molar-refractivity contribution >= 4 is 18.9 Å². The van der Waals surface area contributed by atoms with Crippen molar-refractivity contribution in [2.75, 3.05) is 26.2 Å². The van der Waals surface area contributed by atoms with Crippen molar-refractivity contribution in [1.82, 2.24) is 15.5 Å². The molecule has 1 saturated carbocycles. The van der Waals surface area contributed by atoms with Gasteiger partial charge in [0.2, 0.25) is 11.8 Å². The van der Waals surface area contributed by atoms with Gasteiger partial charge in [0.05, 0.1) is 11.2 Å². The van der Waals surface area contributed by atoms with E-state index in [1.807, 2.05) is 0 Å². The number of nitrogens with one attached hydrogen (secondary N) is 2. The molecule has 0 aromatic rings. The van der Waals surface area contributed by atoms with Gasteiger partial charge in [-0.2, -0.15) is 0 Å².